The molecule has 2 aromatic rings. The van der Waals surface area contributed by atoms with Crippen LogP contribution in [0, 0.1) is 5.92 Å². The summed E-state index contributed by atoms with van der Waals surface area (Å²) in [6.07, 6.45) is 3.91. The third-order valence-corrected chi connectivity index (χ3v) is 6.07. The molecule has 1 aliphatic carbocycles. The van der Waals surface area contributed by atoms with Crippen molar-refractivity contribution in [2.45, 2.75) is 32.6 Å². The van der Waals surface area contributed by atoms with Gasteiger partial charge < -0.3 is 10.1 Å². The van der Waals surface area contributed by atoms with Crippen LogP contribution in [-0.2, 0) is 9.53 Å². The number of thiophene rings is 1. The molecule has 0 atom stereocenters. The maximum Gasteiger partial charge on any atom is 0.350 e. The van der Waals surface area contributed by atoms with Crippen molar-refractivity contribution < 1.29 is 14.3 Å². The fourth-order valence-corrected chi connectivity index (χ4v) is 4.69. The standard InChI is InChI=1S/C19H19Cl2NO3S/c1-2-25-19(24)17-15(22-18(23)11-5-3-4-6-11)10-16(26-17)13-8-7-12(20)9-14(13)21/h7-11H,2-6H2,1H3,(H,22,23). The van der Waals surface area contributed by atoms with Gasteiger partial charge in [0.2, 0.25) is 5.91 Å². The van der Waals surface area contributed by atoms with E-state index in [2.05, 4.69) is 5.32 Å². The second-order valence-electron chi connectivity index (χ2n) is 6.17. The summed E-state index contributed by atoms with van der Waals surface area (Å²) in [7, 11) is 0. The van der Waals surface area contributed by atoms with Gasteiger partial charge in [-0.15, -0.1) is 11.3 Å². The quantitative estimate of drug-likeness (QED) is 0.611. The van der Waals surface area contributed by atoms with E-state index in [1.807, 2.05) is 0 Å². The lowest BCUT2D eigenvalue weighted by atomic mass is 10.1. The molecule has 3 rings (SSSR count). The summed E-state index contributed by atoms with van der Waals surface area (Å²) in [5.74, 6) is -0.484. The Morgan fingerprint density at radius 3 is 2.62 bits per heavy atom. The minimum absolute atomic E-state index is 0.00696. The fraction of sp³-hybridized carbons (Fsp3) is 0.368. The molecule has 0 unspecified atom stereocenters. The van der Waals surface area contributed by atoms with Crippen molar-refractivity contribution >= 4 is 52.1 Å². The van der Waals surface area contributed by atoms with Crippen molar-refractivity contribution in [2.24, 2.45) is 5.92 Å². The van der Waals surface area contributed by atoms with Crippen molar-refractivity contribution in [3.05, 3.63) is 39.2 Å². The summed E-state index contributed by atoms with van der Waals surface area (Å²) in [6.45, 7) is 2.02. The van der Waals surface area contributed by atoms with E-state index in [1.54, 1.807) is 31.2 Å². The van der Waals surface area contributed by atoms with E-state index in [4.69, 9.17) is 27.9 Å². The predicted octanol–water partition coefficient (Wildman–Crippen LogP) is 6.03. The highest BCUT2D eigenvalue weighted by Gasteiger charge is 2.26. The molecule has 1 heterocycles. The number of halogens is 2. The molecule has 0 aliphatic heterocycles. The Morgan fingerprint density at radius 1 is 1.23 bits per heavy atom. The molecule has 1 fully saturated rings. The largest absolute Gasteiger partial charge is 0.462 e. The van der Waals surface area contributed by atoms with Gasteiger partial charge in [-0.1, -0.05) is 42.1 Å². The lowest BCUT2D eigenvalue weighted by molar-refractivity contribution is -0.119. The molecule has 0 spiro atoms. The molecule has 1 N–H and O–H groups in total. The van der Waals surface area contributed by atoms with Crippen LogP contribution < -0.4 is 5.32 Å². The smallest absolute Gasteiger partial charge is 0.350 e. The number of hydrogen-bond donors (Lipinski definition) is 1. The van der Waals surface area contributed by atoms with Crippen molar-refractivity contribution in [1.82, 2.24) is 0 Å². The summed E-state index contributed by atoms with van der Waals surface area (Å²) >= 11 is 13.5. The minimum atomic E-state index is -0.449. The second-order valence-corrected chi connectivity index (χ2v) is 8.06. The van der Waals surface area contributed by atoms with Crippen molar-refractivity contribution in [3.63, 3.8) is 0 Å². The van der Waals surface area contributed by atoms with Crippen LogP contribution in [0.1, 0.15) is 42.3 Å². The van der Waals surface area contributed by atoms with Crippen molar-refractivity contribution in [2.75, 3.05) is 11.9 Å². The van der Waals surface area contributed by atoms with Crippen LogP contribution in [0.15, 0.2) is 24.3 Å². The molecular formula is C19H19Cl2NO3S. The molecule has 26 heavy (non-hydrogen) atoms. The first-order valence-electron chi connectivity index (χ1n) is 8.56. The van der Waals surface area contributed by atoms with Gasteiger partial charge in [0, 0.05) is 21.4 Å². The van der Waals surface area contributed by atoms with Crippen LogP contribution in [0.3, 0.4) is 0 Å². The van der Waals surface area contributed by atoms with Gasteiger partial charge in [-0.3, -0.25) is 4.79 Å². The van der Waals surface area contributed by atoms with E-state index < -0.39 is 5.97 Å². The van der Waals surface area contributed by atoms with E-state index in [1.165, 1.54) is 11.3 Å². The zero-order valence-corrected chi connectivity index (χ0v) is 16.6. The van der Waals surface area contributed by atoms with E-state index in [0.29, 0.717) is 20.6 Å². The Bertz CT molecular complexity index is 828. The van der Waals surface area contributed by atoms with E-state index in [9.17, 15) is 9.59 Å². The van der Waals surface area contributed by atoms with E-state index in [0.717, 1.165) is 36.1 Å². The van der Waals surface area contributed by atoms with Gasteiger partial charge in [-0.25, -0.2) is 4.79 Å². The Balaban J connectivity index is 1.94. The molecule has 1 aromatic carbocycles. The number of rotatable bonds is 5. The molecule has 0 saturated heterocycles. The zero-order valence-electron chi connectivity index (χ0n) is 14.3. The number of carbonyl (C=O) groups is 2. The van der Waals surface area contributed by atoms with E-state index >= 15 is 0 Å². The monoisotopic (exact) mass is 411 g/mol. The number of ether oxygens (including phenoxy) is 1. The first kappa shape index (κ1) is 19.2. The number of hydrogen-bond acceptors (Lipinski definition) is 4. The lowest BCUT2D eigenvalue weighted by Crippen LogP contribution is -2.21. The number of anilines is 1. The summed E-state index contributed by atoms with van der Waals surface area (Å²) in [5.41, 5.74) is 1.24. The minimum Gasteiger partial charge on any atom is -0.462 e. The Kier molecular flexibility index (Phi) is 6.22. The number of nitrogens with one attached hydrogen (secondary N) is 1. The number of carbonyl (C=O) groups excluding carboxylic acids is 2. The highest BCUT2D eigenvalue weighted by Crippen LogP contribution is 2.40. The molecule has 1 aromatic heterocycles. The fourth-order valence-electron chi connectivity index (χ4n) is 3.08. The highest BCUT2D eigenvalue weighted by atomic mass is 35.5. The van der Waals surface area contributed by atoms with Gasteiger partial charge in [0.25, 0.3) is 0 Å². The summed E-state index contributed by atoms with van der Waals surface area (Å²) < 4.78 is 5.14. The third kappa shape index (κ3) is 4.22. The van der Waals surface area contributed by atoms with Gasteiger partial charge in [-0.2, -0.15) is 0 Å². The Labute approximate surface area is 166 Å². The first-order valence-corrected chi connectivity index (χ1v) is 10.1. The summed E-state index contributed by atoms with van der Waals surface area (Å²) in [5, 5.41) is 3.94. The number of amides is 1. The van der Waals surface area contributed by atoms with Gasteiger partial charge >= 0.3 is 5.97 Å². The molecule has 1 saturated carbocycles. The molecule has 1 amide bonds. The predicted molar refractivity (Wildman–Crippen MR) is 106 cm³/mol. The normalized spacial score (nSPS) is 14.4. The Morgan fingerprint density at radius 2 is 1.96 bits per heavy atom. The molecule has 7 heteroatoms. The van der Waals surface area contributed by atoms with Crippen LogP contribution in [0.2, 0.25) is 10.0 Å². The van der Waals surface area contributed by atoms with Gasteiger partial charge in [-0.05, 0) is 38.0 Å². The molecule has 138 valence electrons. The maximum absolute atomic E-state index is 12.5. The van der Waals surface area contributed by atoms with Crippen LogP contribution in [0.5, 0.6) is 0 Å². The average molecular weight is 412 g/mol. The summed E-state index contributed by atoms with van der Waals surface area (Å²) in [6, 6.07) is 6.97. The topological polar surface area (TPSA) is 55.4 Å². The summed E-state index contributed by atoms with van der Waals surface area (Å²) in [4.78, 5) is 26.0. The molecule has 0 bridgehead atoms. The van der Waals surface area contributed by atoms with Crippen molar-refractivity contribution in [1.29, 1.82) is 0 Å². The number of benzene rings is 1. The van der Waals surface area contributed by atoms with Crippen LogP contribution >= 0.6 is 34.5 Å². The van der Waals surface area contributed by atoms with Gasteiger partial charge in [0.1, 0.15) is 4.88 Å². The SMILES string of the molecule is CCOC(=O)c1sc(-c2ccc(Cl)cc2Cl)cc1NC(=O)C1CCCC1. The average Bonchev–Trinajstić information content (AvgIpc) is 3.25. The third-order valence-electron chi connectivity index (χ3n) is 4.37. The number of esters is 1. The highest BCUT2D eigenvalue weighted by molar-refractivity contribution is 7.18. The van der Waals surface area contributed by atoms with Crippen LogP contribution in [0.25, 0.3) is 10.4 Å². The first-order chi connectivity index (χ1) is 12.5. The molecular weight excluding hydrogens is 393 g/mol. The molecule has 4 nitrogen and oxygen atoms in total. The maximum atomic E-state index is 12.5. The van der Waals surface area contributed by atoms with Gasteiger partial charge in [0.15, 0.2) is 0 Å². The van der Waals surface area contributed by atoms with Crippen LogP contribution in [0.4, 0.5) is 5.69 Å². The lowest BCUT2D eigenvalue weighted by Gasteiger charge is -2.10. The van der Waals surface area contributed by atoms with Gasteiger partial charge in [0.05, 0.1) is 17.3 Å². The molecule has 0 radical (unpaired) electrons. The molecule has 1 aliphatic rings. The Hall–Kier alpha value is -1.56. The second kappa shape index (κ2) is 8.42. The van der Waals surface area contributed by atoms with E-state index in [-0.39, 0.29) is 18.4 Å². The van der Waals surface area contributed by atoms with Crippen molar-refractivity contribution in [3.8, 4) is 10.4 Å². The zero-order chi connectivity index (χ0) is 18.7. The van der Waals surface area contributed by atoms with Crippen LogP contribution in [-0.4, -0.2) is 18.5 Å².